The Labute approximate surface area is 175 Å². The maximum Gasteiger partial charge on any atom is 0.262 e. The molecule has 3 rings (SSSR count). The molecule has 0 heterocycles. The van der Waals surface area contributed by atoms with Gasteiger partial charge in [-0.15, -0.1) is 0 Å². The van der Waals surface area contributed by atoms with Crippen molar-refractivity contribution < 1.29 is 23.1 Å². The van der Waals surface area contributed by atoms with Crippen LogP contribution in [0.1, 0.15) is 21.5 Å². The molecule has 0 unspecified atom stereocenters. The number of phenolic OH excluding ortho intramolecular Hbond substituents is 1. The number of aryl methyl sites for hydroxylation is 1. The molecule has 8 heteroatoms. The Hall–Kier alpha value is -3.52. The van der Waals surface area contributed by atoms with Crippen molar-refractivity contribution in [3.8, 4) is 11.5 Å². The highest BCUT2D eigenvalue weighted by Gasteiger charge is 2.21. The van der Waals surface area contributed by atoms with Crippen LogP contribution in [0.3, 0.4) is 0 Å². The molecule has 0 aliphatic carbocycles. The number of nitrogens with one attached hydrogen (secondary N) is 2. The van der Waals surface area contributed by atoms with Gasteiger partial charge in [-0.2, -0.15) is 0 Å². The summed E-state index contributed by atoms with van der Waals surface area (Å²) in [5.74, 6) is 0.00766. The number of methoxy groups -OCH3 is 1. The predicted octanol–water partition coefficient (Wildman–Crippen LogP) is 3.44. The predicted molar refractivity (Wildman–Crippen MR) is 114 cm³/mol. The number of para-hydroxylation sites is 3. The van der Waals surface area contributed by atoms with Crippen molar-refractivity contribution in [1.82, 2.24) is 5.32 Å². The summed E-state index contributed by atoms with van der Waals surface area (Å²) in [6.07, 6.45) is 0. The number of hydrogen-bond donors (Lipinski definition) is 3. The zero-order valence-electron chi connectivity index (χ0n) is 16.5. The molecular weight excluding hydrogens is 404 g/mol. The largest absolute Gasteiger partial charge is 0.508 e. The minimum absolute atomic E-state index is 0.0105. The van der Waals surface area contributed by atoms with E-state index in [0.717, 1.165) is 0 Å². The van der Waals surface area contributed by atoms with Gasteiger partial charge in [-0.25, -0.2) is 8.42 Å². The van der Waals surface area contributed by atoms with Crippen LogP contribution in [0.2, 0.25) is 0 Å². The first-order valence-corrected chi connectivity index (χ1v) is 10.6. The van der Waals surface area contributed by atoms with Crippen LogP contribution in [0.4, 0.5) is 5.69 Å². The first-order valence-electron chi connectivity index (χ1n) is 9.13. The van der Waals surface area contributed by atoms with Gasteiger partial charge in [0.15, 0.2) is 0 Å². The minimum Gasteiger partial charge on any atom is -0.508 e. The van der Waals surface area contributed by atoms with Crippen molar-refractivity contribution >= 4 is 21.6 Å². The highest BCUT2D eigenvalue weighted by molar-refractivity contribution is 7.92. The molecule has 0 spiro atoms. The first kappa shape index (κ1) is 21.2. The lowest BCUT2D eigenvalue weighted by Crippen LogP contribution is -2.23. The second-order valence-electron chi connectivity index (χ2n) is 6.60. The maximum atomic E-state index is 13.0. The van der Waals surface area contributed by atoms with Crippen LogP contribution in [0.5, 0.6) is 11.5 Å². The number of phenols is 1. The van der Waals surface area contributed by atoms with Gasteiger partial charge in [0.25, 0.3) is 15.9 Å². The summed E-state index contributed by atoms with van der Waals surface area (Å²) in [4.78, 5) is 12.5. The summed E-state index contributed by atoms with van der Waals surface area (Å²) < 4.78 is 33.6. The highest BCUT2D eigenvalue weighted by Crippen LogP contribution is 2.27. The fourth-order valence-electron chi connectivity index (χ4n) is 2.90. The van der Waals surface area contributed by atoms with E-state index in [-0.39, 0.29) is 22.8 Å². The molecule has 30 heavy (non-hydrogen) atoms. The number of benzene rings is 3. The highest BCUT2D eigenvalue weighted by atomic mass is 32.2. The van der Waals surface area contributed by atoms with Crippen LogP contribution in [-0.2, 0) is 16.6 Å². The monoisotopic (exact) mass is 426 g/mol. The summed E-state index contributed by atoms with van der Waals surface area (Å²) in [6, 6.07) is 17.8. The van der Waals surface area contributed by atoms with Crippen LogP contribution in [0.25, 0.3) is 0 Å². The van der Waals surface area contributed by atoms with Crippen molar-refractivity contribution in [1.29, 1.82) is 0 Å². The minimum atomic E-state index is -3.96. The van der Waals surface area contributed by atoms with Gasteiger partial charge in [-0.05, 0) is 42.8 Å². The average Bonchev–Trinajstić information content (AvgIpc) is 2.73. The van der Waals surface area contributed by atoms with E-state index in [1.54, 1.807) is 61.5 Å². The zero-order chi connectivity index (χ0) is 21.7. The number of carbonyl (C=O) groups is 1. The Kier molecular flexibility index (Phi) is 6.27. The molecule has 0 aliphatic heterocycles. The maximum absolute atomic E-state index is 13.0. The summed E-state index contributed by atoms with van der Waals surface area (Å²) in [7, 11) is -2.50. The number of rotatable bonds is 7. The van der Waals surface area contributed by atoms with E-state index >= 15 is 0 Å². The number of amides is 1. The van der Waals surface area contributed by atoms with Gasteiger partial charge in [0.05, 0.1) is 17.7 Å². The lowest BCUT2D eigenvalue weighted by Gasteiger charge is -2.14. The van der Waals surface area contributed by atoms with Crippen LogP contribution < -0.4 is 14.8 Å². The van der Waals surface area contributed by atoms with Crippen LogP contribution in [0.15, 0.2) is 71.6 Å². The molecule has 0 radical (unpaired) electrons. The fraction of sp³-hybridized carbons (Fsp3) is 0.136. The van der Waals surface area contributed by atoms with E-state index in [4.69, 9.17) is 4.74 Å². The fourth-order valence-corrected chi connectivity index (χ4v) is 4.24. The molecule has 0 atom stereocenters. The molecule has 0 bridgehead atoms. The number of hydrogen-bond acceptors (Lipinski definition) is 5. The van der Waals surface area contributed by atoms with E-state index in [2.05, 4.69) is 10.0 Å². The summed E-state index contributed by atoms with van der Waals surface area (Å²) >= 11 is 0. The SMILES string of the molecule is COc1ccccc1NS(=O)(=O)c1cc(C(=O)NCc2ccccc2O)ccc1C. The van der Waals surface area contributed by atoms with Gasteiger partial charge >= 0.3 is 0 Å². The summed E-state index contributed by atoms with van der Waals surface area (Å²) in [5.41, 5.74) is 1.54. The molecule has 0 saturated carbocycles. The lowest BCUT2D eigenvalue weighted by molar-refractivity contribution is 0.0950. The van der Waals surface area contributed by atoms with Gasteiger partial charge in [-0.3, -0.25) is 9.52 Å². The molecule has 156 valence electrons. The van der Waals surface area contributed by atoms with Gasteiger partial charge in [0, 0.05) is 17.7 Å². The topological polar surface area (TPSA) is 105 Å². The van der Waals surface area contributed by atoms with Crippen LogP contribution in [-0.4, -0.2) is 26.5 Å². The number of aromatic hydroxyl groups is 1. The zero-order valence-corrected chi connectivity index (χ0v) is 17.4. The first-order chi connectivity index (χ1) is 14.3. The van der Waals surface area contributed by atoms with Gasteiger partial charge in [0.1, 0.15) is 11.5 Å². The van der Waals surface area contributed by atoms with Crippen molar-refractivity contribution in [3.05, 3.63) is 83.4 Å². The third kappa shape index (κ3) is 4.72. The van der Waals surface area contributed by atoms with Crippen LogP contribution in [0, 0.1) is 6.92 Å². The molecule has 0 aliphatic rings. The van der Waals surface area contributed by atoms with Gasteiger partial charge < -0.3 is 15.2 Å². The molecule has 3 N–H and O–H groups in total. The van der Waals surface area contributed by atoms with Gasteiger partial charge in [-0.1, -0.05) is 36.4 Å². The second-order valence-corrected chi connectivity index (χ2v) is 8.25. The van der Waals surface area contributed by atoms with Crippen LogP contribution >= 0.6 is 0 Å². The normalized spacial score (nSPS) is 11.0. The molecule has 0 fully saturated rings. The molecule has 3 aromatic carbocycles. The number of anilines is 1. The molecule has 0 aromatic heterocycles. The average molecular weight is 426 g/mol. The third-order valence-corrected chi connectivity index (χ3v) is 6.03. The van der Waals surface area contributed by atoms with Crippen molar-refractivity contribution in [2.24, 2.45) is 0 Å². The number of carbonyl (C=O) groups excluding carboxylic acids is 1. The van der Waals surface area contributed by atoms with Crippen molar-refractivity contribution in [2.45, 2.75) is 18.4 Å². The van der Waals surface area contributed by atoms with E-state index in [1.165, 1.54) is 19.2 Å². The molecular formula is C22H22N2O5S. The Morgan fingerprint density at radius 3 is 2.47 bits per heavy atom. The van der Waals surface area contributed by atoms with Crippen molar-refractivity contribution in [2.75, 3.05) is 11.8 Å². The molecule has 0 saturated heterocycles. The smallest absolute Gasteiger partial charge is 0.262 e. The van der Waals surface area contributed by atoms with E-state index in [9.17, 15) is 18.3 Å². The van der Waals surface area contributed by atoms with E-state index in [0.29, 0.717) is 22.6 Å². The number of sulfonamides is 1. The lowest BCUT2D eigenvalue weighted by atomic mass is 10.1. The Balaban J connectivity index is 1.83. The van der Waals surface area contributed by atoms with E-state index in [1.807, 2.05) is 0 Å². The second kappa shape index (κ2) is 8.87. The molecule has 7 nitrogen and oxygen atoms in total. The Bertz CT molecular complexity index is 1180. The quantitative estimate of drug-likeness (QED) is 0.537. The number of ether oxygens (including phenoxy) is 1. The van der Waals surface area contributed by atoms with Gasteiger partial charge in [0.2, 0.25) is 0 Å². The molecule has 3 aromatic rings. The summed E-state index contributed by atoms with van der Waals surface area (Å²) in [5, 5.41) is 12.5. The van der Waals surface area contributed by atoms with Crippen molar-refractivity contribution in [3.63, 3.8) is 0 Å². The Morgan fingerprint density at radius 1 is 1.03 bits per heavy atom. The van der Waals surface area contributed by atoms with E-state index < -0.39 is 15.9 Å². The standard InChI is InChI=1S/C22H22N2O5S/c1-15-11-12-16(22(26)23-14-17-7-3-5-9-19(17)25)13-21(15)30(27,28)24-18-8-4-6-10-20(18)29-2/h3-13,24-25H,14H2,1-2H3,(H,23,26). The third-order valence-electron chi connectivity index (χ3n) is 4.52. The molecule has 1 amide bonds. The Morgan fingerprint density at radius 2 is 1.73 bits per heavy atom. The summed E-state index contributed by atoms with van der Waals surface area (Å²) in [6.45, 7) is 1.77.